The maximum atomic E-state index is 4.87. The summed E-state index contributed by atoms with van der Waals surface area (Å²) in [6, 6.07) is 61.2. The van der Waals surface area contributed by atoms with Gasteiger partial charge in [-0.15, -0.1) is 59.7 Å². The van der Waals surface area contributed by atoms with Crippen LogP contribution in [0.5, 0.6) is 0 Å². The van der Waals surface area contributed by atoms with E-state index in [1.807, 2.05) is 48.8 Å². The van der Waals surface area contributed by atoms with Gasteiger partial charge < -0.3 is 19.1 Å². The van der Waals surface area contributed by atoms with Crippen LogP contribution in [0, 0.1) is 12.1 Å². The molecule has 0 saturated heterocycles. The number of aromatic nitrogens is 2. The van der Waals surface area contributed by atoms with Crippen LogP contribution in [0.15, 0.2) is 168 Å². The molecule has 49 heavy (non-hydrogen) atoms. The molecule has 0 bridgehead atoms. The smallest absolute Gasteiger partial charge is 0.327 e. The summed E-state index contributed by atoms with van der Waals surface area (Å²) in [5.74, 6) is 0. The molecule has 7 aromatic carbocycles. The first-order chi connectivity index (χ1) is 23.8. The number of benzene rings is 7. The van der Waals surface area contributed by atoms with E-state index >= 15 is 0 Å². The van der Waals surface area contributed by atoms with Gasteiger partial charge >= 0.3 is 21.1 Å². The van der Waals surface area contributed by atoms with Crippen molar-refractivity contribution in [3.63, 3.8) is 0 Å². The van der Waals surface area contributed by atoms with Crippen molar-refractivity contribution in [2.45, 2.75) is 0 Å². The van der Waals surface area contributed by atoms with Crippen LogP contribution in [0.25, 0.3) is 55.0 Å². The zero-order chi connectivity index (χ0) is 31.9. The minimum Gasteiger partial charge on any atom is -0.327 e. The van der Waals surface area contributed by atoms with Gasteiger partial charge in [-0.3, -0.25) is 0 Å². The average Bonchev–Trinajstić information content (AvgIpc) is 3.67. The monoisotopic (exact) mass is 807 g/mol. The second-order valence-corrected chi connectivity index (χ2v) is 11.7. The zero-order valence-electron chi connectivity index (χ0n) is 26.3. The molecule has 0 aliphatic carbocycles. The zero-order valence-corrected chi connectivity index (χ0v) is 28.5. The van der Waals surface area contributed by atoms with Crippen LogP contribution in [0.3, 0.4) is 0 Å². The van der Waals surface area contributed by atoms with E-state index in [1.165, 1.54) is 43.6 Å². The van der Waals surface area contributed by atoms with Crippen molar-refractivity contribution in [1.82, 2.24) is 9.13 Å². The minimum atomic E-state index is 0. The average molecular weight is 808 g/mol. The molecular weight excluding hydrogens is 780 g/mol. The Hall–Kier alpha value is -5.83. The van der Waals surface area contributed by atoms with Crippen molar-refractivity contribution in [2.75, 3.05) is 0 Å². The van der Waals surface area contributed by atoms with Crippen LogP contribution >= 0.6 is 0 Å². The molecule has 0 aliphatic rings. The van der Waals surface area contributed by atoms with E-state index in [4.69, 9.17) is 9.98 Å². The molecule has 0 fully saturated rings. The van der Waals surface area contributed by atoms with Gasteiger partial charge in [-0.05, 0) is 60.2 Å². The van der Waals surface area contributed by atoms with E-state index in [9.17, 15) is 0 Å². The predicted molar refractivity (Wildman–Crippen MR) is 200 cm³/mol. The molecule has 0 radical (unpaired) electrons. The molecule has 2 aromatic heterocycles. The van der Waals surface area contributed by atoms with Crippen molar-refractivity contribution in [2.24, 2.45) is 9.98 Å². The van der Waals surface area contributed by atoms with E-state index in [1.54, 1.807) is 0 Å². The summed E-state index contributed by atoms with van der Waals surface area (Å²) in [5, 5.41) is 4.95. The fourth-order valence-corrected chi connectivity index (χ4v) is 6.73. The number of rotatable bonds is 6. The van der Waals surface area contributed by atoms with Crippen molar-refractivity contribution in [3.05, 3.63) is 181 Å². The van der Waals surface area contributed by atoms with E-state index in [0.29, 0.717) is 0 Å². The van der Waals surface area contributed by atoms with Crippen molar-refractivity contribution in [3.8, 4) is 11.4 Å². The predicted octanol–water partition coefficient (Wildman–Crippen LogP) is 11.0. The molecule has 0 spiro atoms. The summed E-state index contributed by atoms with van der Waals surface area (Å²) in [4.78, 5) is 9.74. The van der Waals surface area contributed by atoms with Gasteiger partial charge in [0.05, 0.1) is 33.4 Å². The Morgan fingerprint density at radius 3 is 1.10 bits per heavy atom. The van der Waals surface area contributed by atoms with Gasteiger partial charge in [-0.2, -0.15) is 0 Å². The summed E-state index contributed by atoms with van der Waals surface area (Å²) in [6.07, 6.45) is 3.72. The summed E-state index contributed by atoms with van der Waals surface area (Å²) < 4.78 is 4.61. The quantitative estimate of drug-likeness (QED) is 0.118. The van der Waals surface area contributed by atoms with Gasteiger partial charge in [0.1, 0.15) is 0 Å². The van der Waals surface area contributed by atoms with Crippen LogP contribution in [0.4, 0.5) is 11.4 Å². The maximum Gasteiger partial charge on any atom is 2.00 e. The third kappa shape index (κ3) is 5.51. The van der Waals surface area contributed by atoms with Gasteiger partial charge in [-0.25, -0.2) is 0 Å². The summed E-state index contributed by atoms with van der Waals surface area (Å²) in [6.45, 7) is 0. The standard InChI is InChI=1S/C44H28N4.Pt/c1-7-23-41-35(17-1)36-18-2-8-24-42(36)47(41)33-15-11-13-31(27-33)29-45-39-21-5-6-22-40(39)46-30-32-14-12-16-34(28-32)48-43-25-9-3-19-37(43)38-20-4-10-26-44(38)48;/h1-12,15-30H;/q-2;+2. The normalized spacial score (nSPS) is 11.8. The molecule has 9 aromatic rings. The Labute approximate surface area is 298 Å². The molecule has 0 saturated carbocycles. The number of aliphatic imine (C=N–C) groups is 2. The Balaban J connectivity index is 0.00000348. The number of hydrogen-bond acceptors (Lipinski definition) is 2. The fourth-order valence-electron chi connectivity index (χ4n) is 6.73. The number of para-hydroxylation sites is 6. The molecule has 0 unspecified atom stereocenters. The van der Waals surface area contributed by atoms with Gasteiger partial charge in [-0.1, -0.05) is 84.9 Å². The Bertz CT molecular complexity index is 2400. The third-order valence-corrected chi connectivity index (χ3v) is 8.86. The Morgan fingerprint density at radius 2 is 0.735 bits per heavy atom. The van der Waals surface area contributed by atoms with Crippen LogP contribution in [-0.4, -0.2) is 21.6 Å². The maximum absolute atomic E-state index is 4.87. The molecule has 234 valence electrons. The van der Waals surface area contributed by atoms with Crippen molar-refractivity contribution in [1.29, 1.82) is 0 Å². The molecule has 0 amide bonds. The Kier molecular flexibility index (Phi) is 8.09. The summed E-state index contributed by atoms with van der Waals surface area (Å²) in [7, 11) is 0. The topological polar surface area (TPSA) is 34.6 Å². The minimum absolute atomic E-state index is 0. The first-order valence-corrected chi connectivity index (χ1v) is 16.0. The molecule has 0 atom stereocenters. The SMILES string of the molecule is [Pt+2].[c-]1ccc(-n2c3ccccc3c3ccccc32)cc1C=Nc1ccccc1N=Cc1[c-]ccc(-n2c3ccccc3c3ccccc32)c1. The second kappa shape index (κ2) is 13.0. The molecule has 0 N–H and O–H groups in total. The summed E-state index contributed by atoms with van der Waals surface area (Å²) >= 11 is 0. The third-order valence-electron chi connectivity index (χ3n) is 8.86. The van der Waals surface area contributed by atoms with Gasteiger partial charge in [0, 0.05) is 21.5 Å². The van der Waals surface area contributed by atoms with E-state index in [0.717, 1.165) is 33.9 Å². The van der Waals surface area contributed by atoms with Crippen LogP contribution in [-0.2, 0) is 21.1 Å². The first kappa shape index (κ1) is 30.5. The van der Waals surface area contributed by atoms with Crippen molar-refractivity contribution < 1.29 is 21.1 Å². The number of fused-ring (bicyclic) bond motifs is 6. The van der Waals surface area contributed by atoms with E-state index in [2.05, 4.69) is 143 Å². The molecular formula is C44H28N4Pt. The van der Waals surface area contributed by atoms with Crippen LogP contribution in [0.2, 0.25) is 0 Å². The first-order valence-electron chi connectivity index (χ1n) is 16.0. The molecule has 4 nitrogen and oxygen atoms in total. The number of hydrogen-bond donors (Lipinski definition) is 0. The Morgan fingerprint density at radius 1 is 0.408 bits per heavy atom. The summed E-state index contributed by atoms with van der Waals surface area (Å²) in [5.41, 5.74) is 10.2. The van der Waals surface area contributed by atoms with Crippen molar-refractivity contribution >= 4 is 67.4 Å². The fraction of sp³-hybridized carbons (Fsp3) is 0. The molecule has 9 rings (SSSR count). The van der Waals surface area contributed by atoms with E-state index < -0.39 is 0 Å². The van der Waals surface area contributed by atoms with Gasteiger partial charge in [0.15, 0.2) is 0 Å². The van der Waals surface area contributed by atoms with Crippen LogP contribution < -0.4 is 0 Å². The largest absolute Gasteiger partial charge is 2.00 e. The van der Waals surface area contributed by atoms with E-state index in [-0.39, 0.29) is 21.1 Å². The second-order valence-electron chi connectivity index (χ2n) is 11.7. The van der Waals surface area contributed by atoms with Crippen LogP contribution in [0.1, 0.15) is 11.1 Å². The molecule has 2 heterocycles. The van der Waals surface area contributed by atoms with Gasteiger partial charge in [0.25, 0.3) is 0 Å². The molecule has 5 heteroatoms. The van der Waals surface area contributed by atoms with Gasteiger partial charge in [0.2, 0.25) is 0 Å². The number of nitrogens with zero attached hydrogens (tertiary/aromatic N) is 4. The molecule has 0 aliphatic heterocycles.